The van der Waals surface area contributed by atoms with Gasteiger partial charge in [-0.3, -0.25) is 9.59 Å². The largest absolute Gasteiger partial charge is 0.456 e. The summed E-state index contributed by atoms with van der Waals surface area (Å²) < 4.78 is 5.36. The number of aryl methyl sites for hydroxylation is 2. The maximum Gasteiger partial charge on any atom is 0.287 e. The van der Waals surface area contributed by atoms with Crippen molar-refractivity contribution in [2.24, 2.45) is 0 Å². The first kappa shape index (κ1) is 14.6. The molecule has 2 rings (SSSR count). The SMILES string of the molecule is Cc1cc(C)c(C(=O)NCCCN2CCCCC2=O)o1. The molecule has 5 heteroatoms. The number of piperidine rings is 1. The maximum absolute atomic E-state index is 11.9. The number of carbonyl (C=O) groups excluding carboxylic acids is 2. The van der Waals surface area contributed by atoms with Crippen molar-refractivity contribution in [2.75, 3.05) is 19.6 Å². The highest BCUT2D eigenvalue weighted by Crippen LogP contribution is 2.13. The van der Waals surface area contributed by atoms with E-state index in [0.29, 0.717) is 18.7 Å². The Morgan fingerprint density at radius 1 is 1.40 bits per heavy atom. The first-order valence-electron chi connectivity index (χ1n) is 7.21. The molecule has 2 heterocycles. The van der Waals surface area contributed by atoms with Gasteiger partial charge in [-0.05, 0) is 39.2 Å². The molecule has 0 atom stereocenters. The van der Waals surface area contributed by atoms with E-state index in [2.05, 4.69) is 5.32 Å². The third-order valence-corrected chi connectivity index (χ3v) is 3.56. The van der Waals surface area contributed by atoms with E-state index in [-0.39, 0.29) is 11.8 Å². The Bertz CT molecular complexity index is 493. The van der Waals surface area contributed by atoms with Gasteiger partial charge in [0, 0.05) is 31.6 Å². The Kier molecular flexibility index (Phi) is 4.82. The zero-order chi connectivity index (χ0) is 14.5. The Labute approximate surface area is 119 Å². The van der Waals surface area contributed by atoms with Crippen LogP contribution in [0.1, 0.15) is 47.6 Å². The molecule has 1 aliphatic rings. The summed E-state index contributed by atoms with van der Waals surface area (Å²) in [5, 5.41) is 2.84. The standard InChI is InChI=1S/C15H22N2O3/c1-11-10-12(2)20-14(11)15(19)16-7-5-9-17-8-4-3-6-13(17)18/h10H,3-9H2,1-2H3,(H,16,19). The van der Waals surface area contributed by atoms with Gasteiger partial charge in [-0.1, -0.05) is 0 Å². The Morgan fingerprint density at radius 3 is 2.85 bits per heavy atom. The molecule has 2 amide bonds. The number of furan rings is 1. The summed E-state index contributed by atoms with van der Waals surface area (Å²) in [6, 6.07) is 1.85. The minimum Gasteiger partial charge on any atom is -0.456 e. The van der Waals surface area contributed by atoms with Gasteiger partial charge in [0.1, 0.15) is 5.76 Å². The van der Waals surface area contributed by atoms with Gasteiger partial charge < -0.3 is 14.6 Å². The van der Waals surface area contributed by atoms with Gasteiger partial charge in [-0.2, -0.15) is 0 Å². The van der Waals surface area contributed by atoms with Crippen LogP contribution in [-0.4, -0.2) is 36.3 Å². The zero-order valence-electron chi connectivity index (χ0n) is 12.2. The lowest BCUT2D eigenvalue weighted by atomic mass is 10.1. The molecule has 0 aromatic carbocycles. The molecule has 0 aliphatic carbocycles. The van der Waals surface area contributed by atoms with E-state index in [4.69, 9.17) is 4.42 Å². The van der Waals surface area contributed by atoms with E-state index in [0.717, 1.165) is 43.7 Å². The van der Waals surface area contributed by atoms with Crippen LogP contribution in [0.4, 0.5) is 0 Å². The number of carbonyl (C=O) groups is 2. The second-order valence-corrected chi connectivity index (χ2v) is 5.32. The van der Waals surface area contributed by atoms with E-state index < -0.39 is 0 Å². The van der Waals surface area contributed by atoms with Gasteiger partial charge in [-0.25, -0.2) is 0 Å². The van der Waals surface area contributed by atoms with E-state index >= 15 is 0 Å². The quantitative estimate of drug-likeness (QED) is 0.838. The molecular formula is C15H22N2O3. The predicted molar refractivity (Wildman–Crippen MR) is 75.6 cm³/mol. The van der Waals surface area contributed by atoms with Crippen molar-refractivity contribution < 1.29 is 14.0 Å². The van der Waals surface area contributed by atoms with E-state index in [1.165, 1.54) is 0 Å². The second kappa shape index (κ2) is 6.59. The lowest BCUT2D eigenvalue weighted by Crippen LogP contribution is -2.37. The molecule has 0 saturated carbocycles. The zero-order valence-corrected chi connectivity index (χ0v) is 12.2. The van der Waals surface area contributed by atoms with Crippen molar-refractivity contribution in [1.82, 2.24) is 10.2 Å². The topological polar surface area (TPSA) is 62.6 Å². The van der Waals surface area contributed by atoms with Crippen molar-refractivity contribution in [3.05, 3.63) is 23.2 Å². The van der Waals surface area contributed by atoms with Crippen LogP contribution in [0.25, 0.3) is 0 Å². The predicted octanol–water partition coefficient (Wildman–Crippen LogP) is 2.03. The smallest absolute Gasteiger partial charge is 0.287 e. The number of amides is 2. The van der Waals surface area contributed by atoms with Crippen LogP contribution in [0, 0.1) is 13.8 Å². The first-order chi connectivity index (χ1) is 9.58. The van der Waals surface area contributed by atoms with Crippen molar-refractivity contribution in [2.45, 2.75) is 39.5 Å². The minimum atomic E-state index is -0.180. The molecular weight excluding hydrogens is 256 g/mol. The van der Waals surface area contributed by atoms with E-state index in [1.807, 2.05) is 24.8 Å². The lowest BCUT2D eigenvalue weighted by Gasteiger charge is -2.26. The number of rotatable bonds is 5. The number of nitrogens with one attached hydrogen (secondary N) is 1. The molecule has 0 spiro atoms. The average molecular weight is 278 g/mol. The molecule has 1 saturated heterocycles. The van der Waals surface area contributed by atoms with E-state index in [1.54, 1.807) is 0 Å². The van der Waals surface area contributed by atoms with Crippen LogP contribution in [0.5, 0.6) is 0 Å². The monoisotopic (exact) mass is 278 g/mol. The highest BCUT2D eigenvalue weighted by molar-refractivity contribution is 5.92. The second-order valence-electron chi connectivity index (χ2n) is 5.32. The fourth-order valence-corrected chi connectivity index (χ4v) is 2.52. The number of likely N-dealkylation sites (tertiary alicyclic amines) is 1. The number of hydrogen-bond donors (Lipinski definition) is 1. The summed E-state index contributed by atoms with van der Waals surface area (Å²) in [5.41, 5.74) is 0.853. The Morgan fingerprint density at radius 2 is 2.20 bits per heavy atom. The van der Waals surface area contributed by atoms with Crippen LogP contribution in [0.15, 0.2) is 10.5 Å². The highest BCUT2D eigenvalue weighted by Gasteiger charge is 2.17. The number of hydrogen-bond acceptors (Lipinski definition) is 3. The molecule has 1 aliphatic heterocycles. The van der Waals surface area contributed by atoms with E-state index in [9.17, 15) is 9.59 Å². The summed E-state index contributed by atoms with van der Waals surface area (Å²) >= 11 is 0. The van der Waals surface area contributed by atoms with Gasteiger partial charge in [-0.15, -0.1) is 0 Å². The van der Waals surface area contributed by atoms with Crippen LogP contribution >= 0.6 is 0 Å². The van der Waals surface area contributed by atoms with Gasteiger partial charge in [0.05, 0.1) is 0 Å². The average Bonchev–Trinajstić information content (AvgIpc) is 2.75. The molecule has 1 N–H and O–H groups in total. The van der Waals surface area contributed by atoms with Gasteiger partial charge in [0.2, 0.25) is 5.91 Å². The molecule has 110 valence electrons. The fourth-order valence-electron chi connectivity index (χ4n) is 2.52. The molecule has 0 radical (unpaired) electrons. The van der Waals surface area contributed by atoms with Crippen molar-refractivity contribution in [3.8, 4) is 0 Å². The van der Waals surface area contributed by atoms with Crippen molar-refractivity contribution in [1.29, 1.82) is 0 Å². The molecule has 0 unspecified atom stereocenters. The first-order valence-corrected chi connectivity index (χ1v) is 7.21. The van der Waals surface area contributed by atoms with Crippen LogP contribution in [-0.2, 0) is 4.79 Å². The molecule has 0 bridgehead atoms. The molecule has 1 aromatic rings. The molecule has 5 nitrogen and oxygen atoms in total. The van der Waals surface area contributed by atoms with Crippen LogP contribution in [0.2, 0.25) is 0 Å². The third kappa shape index (κ3) is 3.62. The summed E-state index contributed by atoms with van der Waals surface area (Å²) in [5.74, 6) is 1.18. The van der Waals surface area contributed by atoms with Gasteiger partial charge >= 0.3 is 0 Å². The molecule has 20 heavy (non-hydrogen) atoms. The highest BCUT2D eigenvalue weighted by atomic mass is 16.3. The fraction of sp³-hybridized carbons (Fsp3) is 0.600. The van der Waals surface area contributed by atoms with Crippen LogP contribution < -0.4 is 5.32 Å². The molecule has 1 aromatic heterocycles. The molecule has 1 fully saturated rings. The lowest BCUT2D eigenvalue weighted by molar-refractivity contribution is -0.133. The van der Waals surface area contributed by atoms with Crippen LogP contribution in [0.3, 0.4) is 0 Å². The number of nitrogens with zero attached hydrogens (tertiary/aromatic N) is 1. The van der Waals surface area contributed by atoms with Gasteiger partial charge in [0.25, 0.3) is 5.91 Å². The summed E-state index contributed by atoms with van der Waals surface area (Å²) in [6.45, 7) is 5.81. The van der Waals surface area contributed by atoms with Crippen molar-refractivity contribution in [3.63, 3.8) is 0 Å². The normalized spacial score (nSPS) is 15.5. The van der Waals surface area contributed by atoms with Gasteiger partial charge in [0.15, 0.2) is 5.76 Å². The summed E-state index contributed by atoms with van der Waals surface area (Å²) in [4.78, 5) is 25.4. The van der Waals surface area contributed by atoms with Crippen molar-refractivity contribution >= 4 is 11.8 Å². The third-order valence-electron chi connectivity index (χ3n) is 3.56. The summed E-state index contributed by atoms with van der Waals surface area (Å²) in [6.07, 6.45) is 3.53. The minimum absolute atomic E-state index is 0.180. The Hall–Kier alpha value is -1.78. The Balaban J connectivity index is 1.72. The maximum atomic E-state index is 11.9. The summed E-state index contributed by atoms with van der Waals surface area (Å²) in [7, 11) is 0.